The maximum Gasteiger partial charge on any atom is 0.216 e. The molecule has 1 heterocycles. The Hall–Kier alpha value is -0.570. The van der Waals surface area contributed by atoms with Gasteiger partial charge in [0.15, 0.2) is 0 Å². The monoisotopic (exact) mass is 198 g/mol. The molecule has 1 atom stereocenters. The molecule has 0 spiro atoms. The van der Waals surface area contributed by atoms with Crippen LogP contribution in [0.4, 0.5) is 0 Å². The van der Waals surface area contributed by atoms with Crippen LogP contribution in [0.15, 0.2) is 0 Å². The van der Waals surface area contributed by atoms with Gasteiger partial charge >= 0.3 is 0 Å². The molecule has 82 valence electrons. The van der Waals surface area contributed by atoms with Crippen molar-refractivity contribution in [3.8, 4) is 0 Å². The Labute approximate surface area is 86.9 Å². The first-order valence-corrected chi connectivity index (χ1v) is 5.65. The van der Waals surface area contributed by atoms with Gasteiger partial charge in [-0.15, -0.1) is 0 Å². The van der Waals surface area contributed by atoms with E-state index in [0.29, 0.717) is 0 Å². The minimum Gasteiger partial charge on any atom is -0.356 e. The molecule has 0 aliphatic carbocycles. The highest BCUT2D eigenvalue weighted by Crippen LogP contribution is 2.14. The fraction of sp³-hybridized carbons (Fsp3) is 0.909. The van der Waals surface area contributed by atoms with E-state index < -0.39 is 0 Å². The number of amides is 1. The topological polar surface area (TPSA) is 32.3 Å². The molecule has 0 aromatic rings. The van der Waals surface area contributed by atoms with Gasteiger partial charge < -0.3 is 10.2 Å². The first-order chi connectivity index (χ1) is 6.68. The number of hydrogen-bond donors (Lipinski definition) is 1. The Morgan fingerprint density at radius 3 is 3.00 bits per heavy atom. The summed E-state index contributed by atoms with van der Waals surface area (Å²) in [7, 11) is 0. The summed E-state index contributed by atoms with van der Waals surface area (Å²) in [5.74, 6) is 0.932. The summed E-state index contributed by atoms with van der Waals surface area (Å²) in [6.07, 6.45) is 3.79. The average Bonchev–Trinajstić information content (AvgIpc) is 2.12. The van der Waals surface area contributed by atoms with E-state index >= 15 is 0 Å². The SMILES string of the molecule is CC(=O)NCCCN1CCCC(C)C1. The number of carbonyl (C=O) groups excluding carboxylic acids is 1. The van der Waals surface area contributed by atoms with Crippen LogP contribution in [-0.4, -0.2) is 37.0 Å². The van der Waals surface area contributed by atoms with Crippen LogP contribution in [0.1, 0.15) is 33.1 Å². The first kappa shape index (κ1) is 11.5. The number of nitrogens with one attached hydrogen (secondary N) is 1. The molecule has 1 unspecified atom stereocenters. The fourth-order valence-corrected chi connectivity index (χ4v) is 2.06. The molecule has 0 aromatic heterocycles. The van der Waals surface area contributed by atoms with Gasteiger partial charge in [-0.2, -0.15) is 0 Å². The molecule has 3 nitrogen and oxygen atoms in total. The van der Waals surface area contributed by atoms with Crippen molar-refractivity contribution in [1.29, 1.82) is 0 Å². The molecule has 1 saturated heterocycles. The third-order valence-electron chi connectivity index (χ3n) is 2.77. The molecule has 1 aliphatic rings. The van der Waals surface area contributed by atoms with Crippen molar-refractivity contribution in [2.45, 2.75) is 33.1 Å². The van der Waals surface area contributed by atoms with Crippen molar-refractivity contribution in [1.82, 2.24) is 10.2 Å². The van der Waals surface area contributed by atoms with E-state index in [1.165, 1.54) is 25.9 Å². The van der Waals surface area contributed by atoms with Crippen LogP contribution in [0.25, 0.3) is 0 Å². The average molecular weight is 198 g/mol. The van der Waals surface area contributed by atoms with E-state index in [2.05, 4.69) is 17.1 Å². The van der Waals surface area contributed by atoms with E-state index in [1.807, 2.05) is 0 Å². The smallest absolute Gasteiger partial charge is 0.216 e. The van der Waals surface area contributed by atoms with Gasteiger partial charge in [-0.05, 0) is 38.3 Å². The maximum absolute atomic E-state index is 10.6. The zero-order chi connectivity index (χ0) is 10.4. The molecular formula is C11H22N2O. The van der Waals surface area contributed by atoms with Gasteiger partial charge in [-0.3, -0.25) is 4.79 Å². The van der Waals surface area contributed by atoms with Gasteiger partial charge in [-0.1, -0.05) is 6.92 Å². The molecule has 0 bridgehead atoms. The normalized spacial score (nSPS) is 23.4. The fourth-order valence-electron chi connectivity index (χ4n) is 2.06. The summed E-state index contributed by atoms with van der Waals surface area (Å²) in [6.45, 7) is 8.32. The van der Waals surface area contributed by atoms with Gasteiger partial charge in [0.05, 0.1) is 0 Å². The third-order valence-corrected chi connectivity index (χ3v) is 2.77. The Morgan fingerprint density at radius 2 is 2.36 bits per heavy atom. The quantitative estimate of drug-likeness (QED) is 0.689. The van der Waals surface area contributed by atoms with Crippen molar-refractivity contribution in [2.24, 2.45) is 5.92 Å². The lowest BCUT2D eigenvalue weighted by Gasteiger charge is -2.30. The van der Waals surface area contributed by atoms with E-state index in [0.717, 1.165) is 25.4 Å². The lowest BCUT2D eigenvalue weighted by atomic mass is 10.0. The molecule has 0 aromatic carbocycles. The lowest BCUT2D eigenvalue weighted by molar-refractivity contribution is -0.118. The van der Waals surface area contributed by atoms with Crippen molar-refractivity contribution in [2.75, 3.05) is 26.2 Å². The highest BCUT2D eigenvalue weighted by atomic mass is 16.1. The van der Waals surface area contributed by atoms with Crippen molar-refractivity contribution in [3.05, 3.63) is 0 Å². The summed E-state index contributed by atoms with van der Waals surface area (Å²) in [4.78, 5) is 13.1. The van der Waals surface area contributed by atoms with E-state index in [4.69, 9.17) is 0 Å². The Balaban J connectivity index is 2.03. The first-order valence-electron chi connectivity index (χ1n) is 5.65. The molecule has 1 aliphatic heterocycles. The summed E-state index contributed by atoms with van der Waals surface area (Å²) in [5.41, 5.74) is 0. The second-order valence-electron chi connectivity index (χ2n) is 4.38. The van der Waals surface area contributed by atoms with Crippen molar-refractivity contribution in [3.63, 3.8) is 0 Å². The molecular weight excluding hydrogens is 176 g/mol. The van der Waals surface area contributed by atoms with Crippen LogP contribution in [0.3, 0.4) is 0 Å². The highest BCUT2D eigenvalue weighted by Gasteiger charge is 2.15. The summed E-state index contributed by atoms with van der Waals surface area (Å²) in [6, 6.07) is 0. The van der Waals surface area contributed by atoms with Gasteiger partial charge in [0, 0.05) is 20.0 Å². The summed E-state index contributed by atoms with van der Waals surface area (Å²) in [5, 5.41) is 2.83. The number of carbonyl (C=O) groups is 1. The second-order valence-corrected chi connectivity index (χ2v) is 4.38. The molecule has 1 N–H and O–H groups in total. The molecule has 1 fully saturated rings. The molecule has 0 saturated carbocycles. The van der Waals surface area contributed by atoms with Crippen LogP contribution in [0.5, 0.6) is 0 Å². The Bertz CT molecular complexity index is 182. The Morgan fingerprint density at radius 1 is 1.57 bits per heavy atom. The second kappa shape index (κ2) is 6.02. The minimum absolute atomic E-state index is 0.0806. The third kappa shape index (κ3) is 4.61. The number of nitrogens with zero attached hydrogens (tertiary/aromatic N) is 1. The summed E-state index contributed by atoms with van der Waals surface area (Å²) >= 11 is 0. The largest absolute Gasteiger partial charge is 0.356 e. The van der Waals surface area contributed by atoms with Crippen LogP contribution in [0, 0.1) is 5.92 Å². The standard InChI is InChI=1S/C11H22N2O/c1-10-5-3-7-13(9-10)8-4-6-12-11(2)14/h10H,3-9H2,1-2H3,(H,12,14). The lowest BCUT2D eigenvalue weighted by Crippen LogP contribution is -2.36. The molecule has 0 radical (unpaired) electrons. The van der Waals surface area contributed by atoms with Crippen molar-refractivity contribution >= 4 is 5.91 Å². The maximum atomic E-state index is 10.6. The van der Waals surface area contributed by atoms with Crippen molar-refractivity contribution < 1.29 is 4.79 Å². The van der Waals surface area contributed by atoms with Gasteiger partial charge in [0.25, 0.3) is 0 Å². The van der Waals surface area contributed by atoms with Crippen LogP contribution >= 0.6 is 0 Å². The zero-order valence-corrected chi connectivity index (χ0v) is 9.38. The predicted molar refractivity (Wildman–Crippen MR) is 58.1 cm³/mol. The predicted octanol–water partition coefficient (Wildman–Crippen LogP) is 1.24. The van der Waals surface area contributed by atoms with Gasteiger partial charge in [0.2, 0.25) is 5.91 Å². The van der Waals surface area contributed by atoms with E-state index in [-0.39, 0.29) is 5.91 Å². The molecule has 3 heteroatoms. The van der Waals surface area contributed by atoms with Gasteiger partial charge in [0.1, 0.15) is 0 Å². The minimum atomic E-state index is 0.0806. The molecule has 14 heavy (non-hydrogen) atoms. The zero-order valence-electron chi connectivity index (χ0n) is 9.38. The molecule has 1 amide bonds. The van der Waals surface area contributed by atoms with Crippen LogP contribution in [-0.2, 0) is 4.79 Å². The van der Waals surface area contributed by atoms with Crippen LogP contribution < -0.4 is 5.32 Å². The van der Waals surface area contributed by atoms with E-state index in [1.54, 1.807) is 6.92 Å². The number of piperidine rings is 1. The van der Waals surface area contributed by atoms with Gasteiger partial charge in [-0.25, -0.2) is 0 Å². The molecule has 1 rings (SSSR count). The van der Waals surface area contributed by atoms with Crippen LogP contribution in [0.2, 0.25) is 0 Å². The highest BCUT2D eigenvalue weighted by molar-refractivity contribution is 5.72. The number of likely N-dealkylation sites (tertiary alicyclic amines) is 1. The number of hydrogen-bond acceptors (Lipinski definition) is 2. The number of rotatable bonds is 4. The summed E-state index contributed by atoms with van der Waals surface area (Å²) < 4.78 is 0. The van der Waals surface area contributed by atoms with E-state index in [9.17, 15) is 4.79 Å². The Kier molecular flexibility index (Phi) is 4.94.